The lowest BCUT2D eigenvalue weighted by Crippen LogP contribution is -2.45. The van der Waals surface area contributed by atoms with Crippen molar-refractivity contribution < 1.29 is 4.74 Å². The summed E-state index contributed by atoms with van der Waals surface area (Å²) >= 11 is 0. The highest BCUT2D eigenvalue weighted by Crippen LogP contribution is 2.49. The minimum Gasteiger partial charge on any atom is -0.452 e. The van der Waals surface area contributed by atoms with Crippen LogP contribution in [0.2, 0.25) is 0 Å². The van der Waals surface area contributed by atoms with Crippen LogP contribution < -0.4 is 20.3 Å². The number of benzene rings is 4. The highest BCUT2D eigenvalue weighted by Gasteiger charge is 2.32. The SMILES string of the molecule is C=C/C=C\c1cccc2c1Oc1ccccc1N2C1N=C(c2ccc(Nc3ccccc3)cc2)N=CN1. The van der Waals surface area contributed by atoms with Gasteiger partial charge >= 0.3 is 0 Å². The summed E-state index contributed by atoms with van der Waals surface area (Å²) in [5, 5.41) is 6.73. The Bertz CT molecular complexity index is 1520. The van der Waals surface area contributed by atoms with Crippen LogP contribution in [0.3, 0.4) is 0 Å². The predicted octanol–water partition coefficient (Wildman–Crippen LogP) is 7.24. The predicted molar refractivity (Wildman–Crippen MR) is 152 cm³/mol. The smallest absolute Gasteiger partial charge is 0.204 e. The van der Waals surface area contributed by atoms with Gasteiger partial charge in [-0.3, -0.25) is 4.90 Å². The Labute approximate surface area is 216 Å². The zero-order valence-corrected chi connectivity index (χ0v) is 20.1. The molecule has 4 aromatic rings. The van der Waals surface area contributed by atoms with Gasteiger partial charge in [0, 0.05) is 22.5 Å². The number of para-hydroxylation sites is 4. The van der Waals surface area contributed by atoms with Crippen LogP contribution in [0.4, 0.5) is 22.7 Å². The summed E-state index contributed by atoms with van der Waals surface area (Å²) in [4.78, 5) is 11.7. The lowest BCUT2D eigenvalue weighted by atomic mass is 10.1. The Hall–Kier alpha value is -5.10. The molecule has 0 aliphatic carbocycles. The van der Waals surface area contributed by atoms with Gasteiger partial charge in [-0.15, -0.1) is 0 Å². The number of nitrogens with one attached hydrogen (secondary N) is 2. The van der Waals surface area contributed by atoms with E-state index in [9.17, 15) is 0 Å². The van der Waals surface area contributed by atoms with Crippen LogP contribution in [0.5, 0.6) is 11.5 Å². The highest BCUT2D eigenvalue weighted by molar-refractivity contribution is 6.04. The first-order valence-corrected chi connectivity index (χ1v) is 12.1. The number of rotatable bonds is 6. The van der Waals surface area contributed by atoms with Gasteiger partial charge in [-0.25, -0.2) is 9.98 Å². The first kappa shape index (κ1) is 22.4. The molecule has 6 heteroatoms. The van der Waals surface area contributed by atoms with E-state index >= 15 is 0 Å². The van der Waals surface area contributed by atoms with Crippen LogP contribution in [0.25, 0.3) is 6.08 Å². The summed E-state index contributed by atoms with van der Waals surface area (Å²) in [5.41, 5.74) is 5.79. The van der Waals surface area contributed by atoms with E-state index in [1.807, 2.05) is 109 Å². The van der Waals surface area contributed by atoms with Crippen LogP contribution >= 0.6 is 0 Å². The van der Waals surface area contributed by atoms with E-state index in [0.29, 0.717) is 5.84 Å². The summed E-state index contributed by atoms with van der Waals surface area (Å²) in [7, 11) is 0. The van der Waals surface area contributed by atoms with Gasteiger partial charge in [0.05, 0.1) is 17.7 Å². The molecule has 1 atom stereocenters. The second-order valence-electron chi connectivity index (χ2n) is 8.55. The van der Waals surface area contributed by atoms with E-state index < -0.39 is 6.29 Å². The number of ether oxygens (including phenoxy) is 1. The Balaban J connectivity index is 1.34. The number of fused-ring (bicyclic) bond motifs is 2. The number of hydrogen-bond donors (Lipinski definition) is 2. The zero-order chi connectivity index (χ0) is 25.0. The molecule has 0 amide bonds. The third-order valence-electron chi connectivity index (χ3n) is 6.14. The highest BCUT2D eigenvalue weighted by atomic mass is 16.5. The fraction of sp³-hybridized carbons (Fsp3) is 0.0323. The Morgan fingerprint density at radius 2 is 1.59 bits per heavy atom. The molecule has 2 aliphatic rings. The molecule has 0 saturated carbocycles. The summed E-state index contributed by atoms with van der Waals surface area (Å²) in [6.07, 6.45) is 6.96. The summed E-state index contributed by atoms with van der Waals surface area (Å²) in [6, 6.07) is 32.3. The maximum atomic E-state index is 6.36. The third-order valence-corrected chi connectivity index (χ3v) is 6.14. The molecule has 0 aromatic heterocycles. The molecule has 0 radical (unpaired) electrons. The standard InChI is InChI=1S/C31H25N5O/c1-2-3-10-22-11-9-15-27-29(22)37-28-16-8-7-14-26(28)36(27)31-33-21-32-30(35-31)23-17-19-25(20-18-23)34-24-12-5-4-6-13-24/h2-21,31,34H,1H2,(H,32,33,35)/b10-3-. The normalized spacial score (nSPS) is 15.7. The summed E-state index contributed by atoms with van der Waals surface area (Å²) in [6.45, 7) is 3.79. The number of aliphatic imine (C=N–C) groups is 2. The van der Waals surface area contributed by atoms with Crippen molar-refractivity contribution in [2.75, 3.05) is 10.2 Å². The molecule has 2 heterocycles. The first-order chi connectivity index (χ1) is 18.3. The molecule has 0 bridgehead atoms. The van der Waals surface area contributed by atoms with Gasteiger partial charge in [-0.05, 0) is 54.6 Å². The van der Waals surface area contributed by atoms with Gasteiger partial charge < -0.3 is 15.4 Å². The average molecular weight is 484 g/mol. The Kier molecular flexibility index (Phi) is 5.97. The van der Waals surface area contributed by atoms with Crippen molar-refractivity contribution in [3.05, 3.63) is 127 Å². The lowest BCUT2D eigenvalue weighted by molar-refractivity contribution is 0.463. The molecule has 6 rings (SSSR count). The molecule has 0 saturated heterocycles. The topological polar surface area (TPSA) is 61.2 Å². The maximum absolute atomic E-state index is 6.36. The van der Waals surface area contributed by atoms with Crippen molar-refractivity contribution in [3.8, 4) is 11.5 Å². The molecule has 180 valence electrons. The van der Waals surface area contributed by atoms with E-state index in [4.69, 9.17) is 9.73 Å². The number of anilines is 4. The molecule has 1 unspecified atom stereocenters. The van der Waals surface area contributed by atoms with Crippen LogP contribution in [0, 0.1) is 0 Å². The van der Waals surface area contributed by atoms with Gasteiger partial charge in [0.2, 0.25) is 6.29 Å². The molecule has 4 aromatic carbocycles. The quantitative estimate of drug-likeness (QED) is 0.284. The second-order valence-corrected chi connectivity index (χ2v) is 8.55. The van der Waals surface area contributed by atoms with Crippen molar-refractivity contribution in [3.63, 3.8) is 0 Å². The van der Waals surface area contributed by atoms with Crippen LogP contribution in [-0.2, 0) is 0 Å². The van der Waals surface area contributed by atoms with E-state index in [2.05, 4.69) is 27.1 Å². The first-order valence-electron chi connectivity index (χ1n) is 12.1. The summed E-state index contributed by atoms with van der Waals surface area (Å²) < 4.78 is 6.36. The molecular weight excluding hydrogens is 458 g/mol. The monoisotopic (exact) mass is 483 g/mol. The minimum absolute atomic E-state index is 0.406. The number of nitrogens with zero attached hydrogens (tertiary/aromatic N) is 3. The average Bonchev–Trinajstić information content (AvgIpc) is 2.96. The molecule has 2 N–H and O–H groups in total. The fourth-order valence-electron chi connectivity index (χ4n) is 4.42. The molecule has 2 aliphatic heterocycles. The Morgan fingerprint density at radius 1 is 0.838 bits per heavy atom. The molecule has 0 spiro atoms. The van der Waals surface area contributed by atoms with Crippen molar-refractivity contribution in [2.45, 2.75) is 6.29 Å². The van der Waals surface area contributed by atoms with Gasteiger partial charge in [0.1, 0.15) is 0 Å². The molecule has 6 nitrogen and oxygen atoms in total. The van der Waals surface area contributed by atoms with Gasteiger partial charge in [0.25, 0.3) is 0 Å². The second kappa shape index (κ2) is 9.87. The summed E-state index contributed by atoms with van der Waals surface area (Å²) in [5.74, 6) is 2.20. The fourth-order valence-corrected chi connectivity index (χ4v) is 4.42. The lowest BCUT2D eigenvalue weighted by Gasteiger charge is -2.37. The molecular formula is C31H25N5O. The van der Waals surface area contributed by atoms with Crippen molar-refractivity contribution in [1.29, 1.82) is 0 Å². The number of amidine groups is 1. The Morgan fingerprint density at radius 3 is 2.43 bits per heavy atom. The van der Waals surface area contributed by atoms with Gasteiger partial charge in [0.15, 0.2) is 17.3 Å². The van der Waals surface area contributed by atoms with E-state index in [1.54, 1.807) is 12.4 Å². The maximum Gasteiger partial charge on any atom is 0.204 e. The number of allylic oxidation sites excluding steroid dienone is 2. The van der Waals surface area contributed by atoms with Gasteiger partial charge in [-0.2, -0.15) is 0 Å². The van der Waals surface area contributed by atoms with Gasteiger partial charge in [-0.1, -0.05) is 67.3 Å². The van der Waals surface area contributed by atoms with E-state index in [-0.39, 0.29) is 0 Å². The van der Waals surface area contributed by atoms with Crippen molar-refractivity contribution in [1.82, 2.24) is 5.32 Å². The van der Waals surface area contributed by atoms with Crippen LogP contribution in [0.15, 0.2) is 126 Å². The van der Waals surface area contributed by atoms with Crippen LogP contribution in [-0.4, -0.2) is 18.5 Å². The van der Waals surface area contributed by atoms with Crippen molar-refractivity contribution >= 4 is 41.0 Å². The van der Waals surface area contributed by atoms with E-state index in [0.717, 1.165) is 45.4 Å². The van der Waals surface area contributed by atoms with Crippen LogP contribution in [0.1, 0.15) is 11.1 Å². The molecule has 0 fully saturated rings. The largest absolute Gasteiger partial charge is 0.452 e. The number of hydrogen-bond acceptors (Lipinski definition) is 6. The van der Waals surface area contributed by atoms with E-state index in [1.165, 1.54) is 0 Å². The minimum atomic E-state index is -0.406. The molecule has 37 heavy (non-hydrogen) atoms. The zero-order valence-electron chi connectivity index (χ0n) is 20.1. The third kappa shape index (κ3) is 4.48. The van der Waals surface area contributed by atoms with Crippen molar-refractivity contribution in [2.24, 2.45) is 9.98 Å².